The molecule has 0 saturated carbocycles. The van der Waals surface area contributed by atoms with E-state index in [0.717, 1.165) is 37.1 Å². The van der Waals surface area contributed by atoms with Gasteiger partial charge in [0.1, 0.15) is 6.04 Å². The Morgan fingerprint density at radius 2 is 2.27 bits per heavy atom. The van der Waals surface area contributed by atoms with Crippen molar-refractivity contribution in [1.29, 1.82) is 0 Å². The van der Waals surface area contributed by atoms with Crippen LogP contribution >= 0.6 is 0 Å². The van der Waals surface area contributed by atoms with Gasteiger partial charge in [-0.05, 0) is 39.0 Å². The lowest BCUT2D eigenvalue weighted by molar-refractivity contribution is -0.122. The van der Waals surface area contributed by atoms with Crippen LogP contribution in [-0.4, -0.2) is 41.1 Å². The second kappa shape index (κ2) is 6.37. The first-order valence-electron chi connectivity index (χ1n) is 7.93. The summed E-state index contributed by atoms with van der Waals surface area (Å²) in [5, 5.41) is 9.60. The number of nitrogens with zero attached hydrogens (tertiary/aromatic N) is 2. The zero-order valence-corrected chi connectivity index (χ0v) is 12.8. The van der Waals surface area contributed by atoms with Gasteiger partial charge in [0.25, 0.3) is 0 Å². The summed E-state index contributed by atoms with van der Waals surface area (Å²) in [6, 6.07) is 1.15. The highest BCUT2D eigenvalue weighted by Gasteiger charge is 2.34. The van der Waals surface area contributed by atoms with E-state index in [0.29, 0.717) is 19.5 Å². The van der Waals surface area contributed by atoms with Crippen LogP contribution in [0.4, 0.5) is 4.79 Å². The standard InChI is InChI=1S/C15H22N4O3/c1-10-9-13(22-18-10)12-6-4-8-19(12)15(21)17-11-5-2-3-7-16-14(11)20/h9,11-12H,2-8H2,1H3,(H,16,20)(H,17,21)/t11-,12-/m1/s1. The van der Waals surface area contributed by atoms with Gasteiger partial charge in [0.2, 0.25) is 5.91 Å². The van der Waals surface area contributed by atoms with Crippen molar-refractivity contribution >= 4 is 11.9 Å². The first-order valence-corrected chi connectivity index (χ1v) is 7.93. The van der Waals surface area contributed by atoms with Crippen molar-refractivity contribution in [2.24, 2.45) is 0 Å². The molecule has 1 aromatic heterocycles. The predicted octanol–water partition coefficient (Wildman–Crippen LogP) is 1.50. The maximum atomic E-state index is 12.5. The summed E-state index contributed by atoms with van der Waals surface area (Å²) in [5.41, 5.74) is 0.811. The van der Waals surface area contributed by atoms with Gasteiger partial charge >= 0.3 is 6.03 Å². The van der Waals surface area contributed by atoms with E-state index in [1.54, 1.807) is 4.90 Å². The van der Waals surface area contributed by atoms with Gasteiger partial charge in [-0.2, -0.15) is 0 Å². The molecule has 2 N–H and O–H groups in total. The number of carbonyl (C=O) groups is 2. The molecule has 3 amide bonds. The van der Waals surface area contributed by atoms with Crippen molar-refractivity contribution in [3.63, 3.8) is 0 Å². The summed E-state index contributed by atoms with van der Waals surface area (Å²) in [5.74, 6) is 0.632. The summed E-state index contributed by atoms with van der Waals surface area (Å²) in [7, 11) is 0. The lowest BCUT2D eigenvalue weighted by Gasteiger charge is -2.25. The van der Waals surface area contributed by atoms with Gasteiger partial charge in [-0.15, -0.1) is 0 Å². The van der Waals surface area contributed by atoms with Crippen LogP contribution in [0.25, 0.3) is 0 Å². The third-order valence-corrected chi connectivity index (χ3v) is 4.32. The fraction of sp³-hybridized carbons (Fsp3) is 0.667. The van der Waals surface area contributed by atoms with Crippen LogP contribution in [0.3, 0.4) is 0 Å². The molecule has 2 saturated heterocycles. The summed E-state index contributed by atoms with van der Waals surface area (Å²) in [4.78, 5) is 26.2. The van der Waals surface area contributed by atoms with Crippen molar-refractivity contribution in [2.45, 2.75) is 51.1 Å². The van der Waals surface area contributed by atoms with Crippen molar-refractivity contribution < 1.29 is 14.1 Å². The van der Waals surface area contributed by atoms with Crippen LogP contribution in [0.5, 0.6) is 0 Å². The summed E-state index contributed by atoms with van der Waals surface area (Å²) < 4.78 is 5.31. The molecule has 0 aromatic carbocycles. The lowest BCUT2D eigenvalue weighted by atomic mass is 10.1. The Hall–Kier alpha value is -2.05. The molecular weight excluding hydrogens is 284 g/mol. The fourth-order valence-electron chi connectivity index (χ4n) is 3.15. The number of hydrogen-bond acceptors (Lipinski definition) is 4. The van der Waals surface area contributed by atoms with Gasteiger partial charge in [0, 0.05) is 19.2 Å². The molecule has 7 heteroatoms. The topological polar surface area (TPSA) is 87.5 Å². The number of urea groups is 1. The average molecular weight is 306 g/mol. The van der Waals surface area contributed by atoms with E-state index in [1.807, 2.05) is 13.0 Å². The number of aromatic nitrogens is 1. The molecule has 22 heavy (non-hydrogen) atoms. The van der Waals surface area contributed by atoms with Crippen molar-refractivity contribution in [3.05, 3.63) is 17.5 Å². The first-order chi connectivity index (χ1) is 10.6. The lowest BCUT2D eigenvalue weighted by Crippen LogP contribution is -2.50. The molecule has 2 aliphatic rings. The smallest absolute Gasteiger partial charge is 0.318 e. The number of aryl methyl sites for hydroxylation is 1. The summed E-state index contributed by atoms with van der Waals surface area (Å²) in [6.45, 7) is 3.22. The van der Waals surface area contributed by atoms with Crippen molar-refractivity contribution in [1.82, 2.24) is 20.7 Å². The van der Waals surface area contributed by atoms with E-state index in [9.17, 15) is 9.59 Å². The number of hydrogen-bond donors (Lipinski definition) is 2. The SMILES string of the molecule is Cc1cc([C@H]2CCCN2C(=O)N[C@@H]2CCCCNC2=O)on1. The Bertz CT molecular complexity index is 557. The normalized spacial score (nSPS) is 25.7. The monoisotopic (exact) mass is 306 g/mol. The fourth-order valence-corrected chi connectivity index (χ4v) is 3.15. The van der Waals surface area contributed by atoms with E-state index < -0.39 is 6.04 Å². The van der Waals surface area contributed by atoms with E-state index in [2.05, 4.69) is 15.8 Å². The van der Waals surface area contributed by atoms with Gasteiger partial charge in [0.05, 0.1) is 11.7 Å². The Morgan fingerprint density at radius 1 is 1.41 bits per heavy atom. The van der Waals surface area contributed by atoms with Crippen LogP contribution in [0.1, 0.15) is 49.6 Å². The largest absolute Gasteiger partial charge is 0.359 e. The zero-order valence-electron chi connectivity index (χ0n) is 12.8. The highest BCUT2D eigenvalue weighted by molar-refractivity contribution is 5.87. The Morgan fingerprint density at radius 3 is 3.05 bits per heavy atom. The second-order valence-corrected chi connectivity index (χ2v) is 6.01. The van der Waals surface area contributed by atoms with Crippen LogP contribution in [0, 0.1) is 6.92 Å². The number of amides is 3. The molecule has 0 radical (unpaired) electrons. The van der Waals surface area contributed by atoms with Gasteiger partial charge < -0.3 is 20.1 Å². The molecule has 0 aliphatic carbocycles. The molecule has 2 aliphatic heterocycles. The molecule has 0 unspecified atom stereocenters. The molecule has 0 spiro atoms. The third kappa shape index (κ3) is 3.08. The van der Waals surface area contributed by atoms with Crippen LogP contribution in [0.15, 0.2) is 10.6 Å². The number of nitrogens with one attached hydrogen (secondary N) is 2. The van der Waals surface area contributed by atoms with Crippen LogP contribution in [-0.2, 0) is 4.79 Å². The molecule has 2 fully saturated rings. The molecule has 3 rings (SSSR count). The third-order valence-electron chi connectivity index (χ3n) is 4.32. The second-order valence-electron chi connectivity index (χ2n) is 6.01. The maximum Gasteiger partial charge on any atom is 0.318 e. The van der Waals surface area contributed by atoms with Crippen molar-refractivity contribution in [3.8, 4) is 0 Å². The quantitative estimate of drug-likeness (QED) is 0.866. The van der Waals surface area contributed by atoms with E-state index >= 15 is 0 Å². The first kappa shape index (κ1) is 14.9. The zero-order chi connectivity index (χ0) is 15.5. The molecule has 0 bridgehead atoms. The van der Waals surface area contributed by atoms with E-state index in [1.165, 1.54) is 0 Å². The highest BCUT2D eigenvalue weighted by Crippen LogP contribution is 2.32. The highest BCUT2D eigenvalue weighted by atomic mass is 16.5. The number of carbonyl (C=O) groups excluding carboxylic acids is 2. The minimum absolute atomic E-state index is 0.0860. The Labute approximate surface area is 129 Å². The van der Waals surface area contributed by atoms with Gasteiger partial charge in [0.15, 0.2) is 5.76 Å². The molecular formula is C15H22N4O3. The van der Waals surface area contributed by atoms with Crippen molar-refractivity contribution in [2.75, 3.05) is 13.1 Å². The Balaban J connectivity index is 1.66. The number of rotatable bonds is 2. The molecule has 2 atom stereocenters. The van der Waals surface area contributed by atoms with E-state index in [-0.39, 0.29) is 18.0 Å². The minimum Gasteiger partial charge on any atom is -0.359 e. The summed E-state index contributed by atoms with van der Waals surface area (Å²) >= 11 is 0. The number of likely N-dealkylation sites (tertiary alicyclic amines) is 1. The Kier molecular flexibility index (Phi) is 4.31. The molecule has 7 nitrogen and oxygen atoms in total. The maximum absolute atomic E-state index is 12.5. The summed E-state index contributed by atoms with van der Waals surface area (Å²) in [6.07, 6.45) is 4.38. The van der Waals surface area contributed by atoms with Gasteiger partial charge in [-0.1, -0.05) is 5.16 Å². The van der Waals surface area contributed by atoms with Crippen LogP contribution < -0.4 is 10.6 Å². The van der Waals surface area contributed by atoms with Crippen LogP contribution in [0.2, 0.25) is 0 Å². The average Bonchev–Trinajstić information content (AvgIpc) is 3.09. The van der Waals surface area contributed by atoms with Gasteiger partial charge in [-0.3, -0.25) is 4.79 Å². The minimum atomic E-state index is -0.437. The van der Waals surface area contributed by atoms with Gasteiger partial charge in [-0.25, -0.2) is 4.79 Å². The predicted molar refractivity (Wildman–Crippen MR) is 79.1 cm³/mol. The molecule has 3 heterocycles. The molecule has 120 valence electrons. The van der Waals surface area contributed by atoms with E-state index in [4.69, 9.17) is 4.52 Å². The molecule has 1 aromatic rings.